The number of thioether (sulfide) groups is 1. The van der Waals surface area contributed by atoms with E-state index < -0.39 is 0 Å². The molecule has 0 saturated carbocycles. The first-order valence-corrected chi connectivity index (χ1v) is 15.9. The fraction of sp³-hybridized carbons (Fsp3) is 0.633. The van der Waals surface area contributed by atoms with E-state index in [1.54, 1.807) is 29.4 Å². The molecule has 0 aromatic carbocycles. The molecule has 0 spiro atoms. The Kier molecular flexibility index (Phi) is 12.3. The minimum atomic E-state index is -0.345. The maximum absolute atomic E-state index is 13.5. The summed E-state index contributed by atoms with van der Waals surface area (Å²) in [6.45, 7) is 10.1. The van der Waals surface area contributed by atoms with Gasteiger partial charge in [-0.3, -0.25) is 23.9 Å². The van der Waals surface area contributed by atoms with Gasteiger partial charge in [0.05, 0.1) is 17.4 Å². The molecule has 2 aliphatic rings. The molecule has 0 aliphatic carbocycles. The Bertz CT molecular complexity index is 1230. The van der Waals surface area contributed by atoms with Crippen LogP contribution in [0.15, 0.2) is 9.70 Å². The Morgan fingerprint density at radius 2 is 1.85 bits per heavy atom. The molecule has 0 radical (unpaired) electrons. The van der Waals surface area contributed by atoms with E-state index in [0.29, 0.717) is 65.4 Å². The molecule has 40 heavy (non-hydrogen) atoms. The Morgan fingerprint density at radius 3 is 2.52 bits per heavy atom. The highest BCUT2D eigenvalue weighted by Crippen LogP contribution is 2.37. The van der Waals surface area contributed by atoms with Gasteiger partial charge in [-0.15, -0.1) is 0 Å². The topological polar surface area (TPSA) is 95.6 Å². The monoisotopic (exact) mass is 586 g/mol. The summed E-state index contributed by atoms with van der Waals surface area (Å²) in [7, 11) is 0. The number of carbonyl (C=O) groups is 2. The number of nitriles is 1. The van der Waals surface area contributed by atoms with E-state index in [1.807, 2.05) is 6.92 Å². The zero-order chi connectivity index (χ0) is 29.2. The number of rotatable bonds is 13. The maximum Gasteiger partial charge on any atom is 0.310 e. The molecule has 3 rings (SSSR count). The van der Waals surface area contributed by atoms with Crippen molar-refractivity contribution in [1.82, 2.24) is 9.47 Å². The van der Waals surface area contributed by atoms with E-state index in [-0.39, 0.29) is 28.9 Å². The molecule has 3 heterocycles. The minimum absolute atomic E-state index is 0.0740. The first-order valence-electron chi connectivity index (χ1n) is 14.6. The number of hydrogen-bond donors (Lipinski definition) is 0. The molecule has 1 unspecified atom stereocenters. The summed E-state index contributed by atoms with van der Waals surface area (Å²) in [5.41, 5.74) is 0.927. The number of aromatic nitrogens is 1. The van der Waals surface area contributed by atoms with E-state index in [1.165, 1.54) is 31.0 Å². The van der Waals surface area contributed by atoms with Crippen molar-refractivity contribution >= 4 is 52.1 Å². The molecule has 0 bridgehead atoms. The number of amides is 1. The van der Waals surface area contributed by atoms with Crippen molar-refractivity contribution < 1.29 is 14.3 Å². The lowest BCUT2D eigenvalue weighted by atomic mass is 9.96. The molecular weight excluding hydrogens is 544 g/mol. The second kappa shape index (κ2) is 15.4. The zero-order valence-corrected chi connectivity index (χ0v) is 25.9. The average molecular weight is 587 g/mol. The minimum Gasteiger partial charge on any atom is -0.466 e. The summed E-state index contributed by atoms with van der Waals surface area (Å²) in [5, 5.41) is 9.90. The lowest BCUT2D eigenvalue weighted by molar-refractivity contribution is -0.148. The zero-order valence-electron chi connectivity index (χ0n) is 24.3. The van der Waals surface area contributed by atoms with Crippen molar-refractivity contribution in [3.05, 3.63) is 31.9 Å². The standard InChI is InChI=1S/C30H42N4O4S2/c1-5-8-9-10-11-12-17-34-28(36)25(40-30(34)39)18-23-21(4)24(19-31)27(35)33(15-6-2)26(23)32-16-13-14-22(20-32)29(37)38-7-3/h18,22H,5-17,20H2,1-4H3/b25-18-. The van der Waals surface area contributed by atoms with Gasteiger partial charge in [-0.05, 0) is 51.2 Å². The number of unbranched alkanes of at least 4 members (excludes halogenated alkanes) is 5. The third-order valence-corrected chi connectivity index (χ3v) is 8.90. The Balaban J connectivity index is 2.01. The predicted molar refractivity (Wildman–Crippen MR) is 165 cm³/mol. The smallest absolute Gasteiger partial charge is 0.310 e. The second-order valence-electron chi connectivity index (χ2n) is 10.4. The van der Waals surface area contributed by atoms with E-state index >= 15 is 0 Å². The molecule has 10 heteroatoms. The van der Waals surface area contributed by atoms with Gasteiger partial charge in [0.1, 0.15) is 21.8 Å². The summed E-state index contributed by atoms with van der Waals surface area (Å²) in [5.74, 6) is -0.0282. The van der Waals surface area contributed by atoms with Gasteiger partial charge in [0.15, 0.2) is 0 Å². The van der Waals surface area contributed by atoms with Crippen molar-refractivity contribution in [2.24, 2.45) is 5.92 Å². The van der Waals surface area contributed by atoms with Crippen LogP contribution in [0.2, 0.25) is 0 Å². The van der Waals surface area contributed by atoms with Crippen LogP contribution in [-0.2, 0) is 20.9 Å². The van der Waals surface area contributed by atoms with Gasteiger partial charge in [-0.2, -0.15) is 5.26 Å². The van der Waals surface area contributed by atoms with Gasteiger partial charge in [0.2, 0.25) is 0 Å². The van der Waals surface area contributed by atoms with Crippen LogP contribution < -0.4 is 10.5 Å². The van der Waals surface area contributed by atoms with Crippen molar-refractivity contribution in [1.29, 1.82) is 5.26 Å². The third kappa shape index (κ3) is 7.35. The van der Waals surface area contributed by atoms with Crippen molar-refractivity contribution in [3.63, 3.8) is 0 Å². The number of esters is 1. The summed E-state index contributed by atoms with van der Waals surface area (Å²) in [6.07, 6.45) is 10.7. The van der Waals surface area contributed by atoms with Crippen LogP contribution in [0.1, 0.15) is 95.2 Å². The first-order chi connectivity index (χ1) is 19.3. The van der Waals surface area contributed by atoms with Gasteiger partial charge in [0.25, 0.3) is 11.5 Å². The Labute approximate surface area is 247 Å². The van der Waals surface area contributed by atoms with Gasteiger partial charge in [0, 0.05) is 31.7 Å². The molecule has 1 amide bonds. The molecule has 0 N–H and O–H groups in total. The van der Waals surface area contributed by atoms with E-state index in [4.69, 9.17) is 17.0 Å². The van der Waals surface area contributed by atoms with Crippen molar-refractivity contribution in [2.45, 2.75) is 92.0 Å². The lowest BCUT2D eigenvalue weighted by Gasteiger charge is -2.36. The summed E-state index contributed by atoms with van der Waals surface area (Å²) in [6, 6.07) is 2.10. The van der Waals surface area contributed by atoms with Crippen LogP contribution in [0.5, 0.6) is 0 Å². The van der Waals surface area contributed by atoms with Gasteiger partial charge >= 0.3 is 5.97 Å². The highest BCUT2D eigenvalue weighted by atomic mass is 32.2. The summed E-state index contributed by atoms with van der Waals surface area (Å²) < 4.78 is 7.48. The third-order valence-electron chi connectivity index (χ3n) is 7.52. The second-order valence-corrected chi connectivity index (χ2v) is 12.1. The highest BCUT2D eigenvalue weighted by molar-refractivity contribution is 8.26. The lowest BCUT2D eigenvalue weighted by Crippen LogP contribution is -2.43. The van der Waals surface area contributed by atoms with Crippen LogP contribution in [0.3, 0.4) is 0 Å². The van der Waals surface area contributed by atoms with E-state index in [0.717, 1.165) is 32.1 Å². The van der Waals surface area contributed by atoms with Crippen LogP contribution in [0.4, 0.5) is 5.82 Å². The fourth-order valence-electron chi connectivity index (χ4n) is 5.41. The number of anilines is 1. The molecule has 1 atom stereocenters. The van der Waals surface area contributed by atoms with E-state index in [2.05, 4.69) is 17.9 Å². The molecular formula is C30H42N4O4S2. The SMILES string of the molecule is CCCCCCCCN1C(=O)/C(=C/c2c(C)c(C#N)c(=O)n(CCC)c2N2CCCC(C(=O)OCC)C2)SC1=S. The average Bonchev–Trinajstić information content (AvgIpc) is 3.21. The first kappa shape index (κ1) is 31.9. The van der Waals surface area contributed by atoms with Gasteiger partial charge in [-0.25, -0.2) is 0 Å². The number of carbonyl (C=O) groups excluding carboxylic acids is 2. The Hall–Kier alpha value is -2.64. The number of thiocarbonyl (C=S) groups is 1. The number of nitrogens with zero attached hydrogens (tertiary/aromatic N) is 4. The molecule has 2 fully saturated rings. The van der Waals surface area contributed by atoms with Gasteiger partial charge in [-0.1, -0.05) is 69.9 Å². The Morgan fingerprint density at radius 1 is 1.12 bits per heavy atom. The molecule has 2 aliphatic heterocycles. The van der Waals surface area contributed by atoms with Crippen LogP contribution in [0.25, 0.3) is 6.08 Å². The summed E-state index contributed by atoms with van der Waals surface area (Å²) >= 11 is 6.85. The summed E-state index contributed by atoms with van der Waals surface area (Å²) in [4.78, 5) is 43.8. The van der Waals surface area contributed by atoms with Crippen molar-refractivity contribution in [3.8, 4) is 6.07 Å². The maximum atomic E-state index is 13.5. The van der Waals surface area contributed by atoms with Crippen LogP contribution in [-0.4, -0.2) is 51.9 Å². The quantitative estimate of drug-likeness (QED) is 0.124. The largest absolute Gasteiger partial charge is 0.466 e. The molecule has 1 aromatic heterocycles. The highest BCUT2D eigenvalue weighted by Gasteiger charge is 2.34. The molecule has 1 aromatic rings. The predicted octanol–water partition coefficient (Wildman–Crippen LogP) is 5.78. The molecule has 218 valence electrons. The molecule has 8 nitrogen and oxygen atoms in total. The number of piperidine rings is 1. The molecule has 2 saturated heterocycles. The fourth-order valence-corrected chi connectivity index (χ4v) is 6.70. The van der Waals surface area contributed by atoms with E-state index in [9.17, 15) is 19.6 Å². The number of ether oxygens (including phenoxy) is 1. The van der Waals surface area contributed by atoms with Crippen LogP contribution >= 0.6 is 24.0 Å². The number of hydrogen-bond acceptors (Lipinski definition) is 8. The van der Waals surface area contributed by atoms with Crippen LogP contribution in [0, 0.1) is 24.2 Å². The van der Waals surface area contributed by atoms with Gasteiger partial charge < -0.3 is 9.64 Å². The van der Waals surface area contributed by atoms with Crippen molar-refractivity contribution in [2.75, 3.05) is 31.1 Å². The number of pyridine rings is 1. The normalized spacial score (nSPS) is 18.5.